The van der Waals surface area contributed by atoms with Crippen molar-refractivity contribution in [3.63, 3.8) is 0 Å². The van der Waals surface area contributed by atoms with E-state index in [1.165, 1.54) is 0 Å². The number of hydrogen-bond acceptors (Lipinski definition) is 5. The first kappa shape index (κ1) is 21.5. The van der Waals surface area contributed by atoms with Crippen LogP contribution < -0.4 is 5.32 Å². The summed E-state index contributed by atoms with van der Waals surface area (Å²) in [5.74, 6) is 0.213. The van der Waals surface area contributed by atoms with Gasteiger partial charge < -0.3 is 10.1 Å². The van der Waals surface area contributed by atoms with E-state index in [4.69, 9.17) is 16.3 Å². The van der Waals surface area contributed by atoms with Crippen LogP contribution >= 0.6 is 11.6 Å². The largest absolute Gasteiger partial charge is 0.379 e. The van der Waals surface area contributed by atoms with Crippen LogP contribution in [-0.4, -0.2) is 47.1 Å². The Labute approximate surface area is 197 Å². The Hall–Kier alpha value is -3.32. The van der Waals surface area contributed by atoms with Gasteiger partial charge in [-0.3, -0.25) is 9.69 Å². The van der Waals surface area contributed by atoms with Gasteiger partial charge in [-0.05, 0) is 35.9 Å². The molecule has 0 atom stereocenters. The van der Waals surface area contributed by atoms with E-state index in [-0.39, 0.29) is 5.91 Å². The molecule has 0 unspecified atom stereocenters. The van der Waals surface area contributed by atoms with Crippen LogP contribution in [0.25, 0.3) is 22.0 Å². The van der Waals surface area contributed by atoms with E-state index >= 15 is 0 Å². The van der Waals surface area contributed by atoms with E-state index < -0.39 is 0 Å². The normalized spacial score (nSPS) is 14.3. The Bertz CT molecular complexity index is 1300. The number of hydrogen-bond donors (Lipinski definition) is 1. The van der Waals surface area contributed by atoms with Gasteiger partial charge in [0.15, 0.2) is 0 Å². The maximum Gasteiger partial charge on any atom is 0.275 e. The highest BCUT2D eigenvalue weighted by molar-refractivity contribution is 6.30. The monoisotopic (exact) mass is 458 g/mol. The fraction of sp³-hybridized carbons (Fsp3) is 0.192. The molecule has 0 aliphatic carbocycles. The number of aromatic nitrogens is 2. The summed E-state index contributed by atoms with van der Waals surface area (Å²) in [6, 6.07) is 22.9. The highest BCUT2D eigenvalue weighted by Crippen LogP contribution is 2.29. The number of anilines is 1. The molecule has 6 nitrogen and oxygen atoms in total. The van der Waals surface area contributed by atoms with Gasteiger partial charge in [0.05, 0.1) is 24.4 Å². The number of halogens is 1. The minimum absolute atomic E-state index is 0.297. The van der Waals surface area contributed by atoms with E-state index in [1.807, 2.05) is 60.7 Å². The molecule has 1 aliphatic heterocycles. The number of morpholine rings is 1. The summed E-state index contributed by atoms with van der Waals surface area (Å²) in [6.07, 6.45) is 0. The molecule has 1 aliphatic rings. The lowest BCUT2D eigenvalue weighted by Crippen LogP contribution is -2.35. The molecule has 4 aromatic rings. The number of rotatable bonds is 5. The number of para-hydroxylation sites is 1. The Morgan fingerprint density at radius 2 is 1.79 bits per heavy atom. The molecule has 5 rings (SSSR count). The molecular weight excluding hydrogens is 436 g/mol. The average Bonchev–Trinajstić information content (AvgIpc) is 2.84. The predicted molar refractivity (Wildman–Crippen MR) is 130 cm³/mol. The van der Waals surface area contributed by atoms with Gasteiger partial charge in [-0.25, -0.2) is 9.97 Å². The molecule has 0 bridgehead atoms. The van der Waals surface area contributed by atoms with Gasteiger partial charge in [0.25, 0.3) is 5.91 Å². The number of nitrogens with zero attached hydrogens (tertiary/aromatic N) is 3. The number of ether oxygens (including phenoxy) is 1. The molecule has 2 aromatic carbocycles. The lowest BCUT2D eigenvalue weighted by molar-refractivity contribution is 0.0337. The smallest absolute Gasteiger partial charge is 0.275 e. The Balaban J connectivity index is 1.39. The molecule has 0 saturated carbocycles. The Morgan fingerprint density at radius 3 is 2.64 bits per heavy atom. The number of amides is 1. The SMILES string of the molecule is O=C(Nc1cccc(CN2CCOCC2)n1)c1ccc2cccc(-c3cccc(Cl)c3)c2n1. The first-order valence-corrected chi connectivity index (χ1v) is 11.3. The van der Waals surface area contributed by atoms with E-state index in [2.05, 4.69) is 20.2 Å². The first-order chi connectivity index (χ1) is 16.2. The molecule has 1 fully saturated rings. The van der Waals surface area contributed by atoms with E-state index in [0.717, 1.165) is 60.6 Å². The average molecular weight is 459 g/mol. The second-order valence-corrected chi connectivity index (χ2v) is 8.38. The second-order valence-electron chi connectivity index (χ2n) is 7.94. The van der Waals surface area contributed by atoms with Crippen LogP contribution in [-0.2, 0) is 11.3 Å². The summed E-state index contributed by atoms with van der Waals surface area (Å²) in [5, 5.41) is 4.50. The summed E-state index contributed by atoms with van der Waals surface area (Å²) in [6.45, 7) is 3.97. The molecule has 1 amide bonds. The van der Waals surface area contributed by atoms with Crippen LogP contribution in [0.15, 0.2) is 72.8 Å². The predicted octanol–water partition coefficient (Wildman–Crippen LogP) is 5.03. The minimum atomic E-state index is -0.297. The highest BCUT2D eigenvalue weighted by Gasteiger charge is 2.14. The number of benzene rings is 2. The van der Waals surface area contributed by atoms with Gasteiger partial charge in [-0.1, -0.05) is 54.1 Å². The molecule has 1 N–H and O–H groups in total. The maximum atomic E-state index is 13.0. The Morgan fingerprint density at radius 1 is 0.970 bits per heavy atom. The van der Waals surface area contributed by atoms with Gasteiger partial charge in [0, 0.05) is 35.6 Å². The third kappa shape index (κ3) is 5.03. The fourth-order valence-electron chi connectivity index (χ4n) is 3.97. The lowest BCUT2D eigenvalue weighted by atomic mass is 10.0. The zero-order chi connectivity index (χ0) is 22.6. The van der Waals surface area contributed by atoms with Crippen molar-refractivity contribution in [1.82, 2.24) is 14.9 Å². The number of carbonyl (C=O) groups is 1. The van der Waals surface area contributed by atoms with E-state index in [1.54, 1.807) is 12.1 Å². The van der Waals surface area contributed by atoms with E-state index in [0.29, 0.717) is 16.5 Å². The summed E-state index contributed by atoms with van der Waals surface area (Å²) in [5.41, 5.74) is 3.87. The molecule has 0 radical (unpaired) electrons. The van der Waals surface area contributed by atoms with Crippen molar-refractivity contribution >= 4 is 34.2 Å². The first-order valence-electron chi connectivity index (χ1n) is 10.9. The van der Waals surface area contributed by atoms with Crippen molar-refractivity contribution in [2.75, 3.05) is 31.6 Å². The summed E-state index contributed by atoms with van der Waals surface area (Å²) >= 11 is 6.19. The molecule has 166 valence electrons. The molecule has 7 heteroatoms. The second kappa shape index (κ2) is 9.67. The van der Waals surface area contributed by atoms with Crippen LogP contribution in [0.1, 0.15) is 16.2 Å². The number of nitrogens with one attached hydrogen (secondary N) is 1. The topological polar surface area (TPSA) is 67.4 Å². The number of carbonyl (C=O) groups excluding carboxylic acids is 1. The van der Waals surface area contributed by atoms with E-state index in [9.17, 15) is 4.79 Å². The molecule has 3 heterocycles. The third-order valence-corrected chi connectivity index (χ3v) is 5.86. The van der Waals surface area contributed by atoms with Crippen LogP contribution in [0, 0.1) is 0 Å². The maximum absolute atomic E-state index is 13.0. The Kier molecular flexibility index (Phi) is 6.30. The highest BCUT2D eigenvalue weighted by atomic mass is 35.5. The number of pyridine rings is 2. The quantitative estimate of drug-likeness (QED) is 0.454. The van der Waals surface area contributed by atoms with Crippen LogP contribution in [0.3, 0.4) is 0 Å². The van der Waals surface area contributed by atoms with Gasteiger partial charge in [-0.15, -0.1) is 0 Å². The van der Waals surface area contributed by atoms with Crippen LogP contribution in [0.4, 0.5) is 5.82 Å². The van der Waals surface area contributed by atoms with Crippen LogP contribution in [0.5, 0.6) is 0 Å². The van der Waals surface area contributed by atoms with Crippen LogP contribution in [0.2, 0.25) is 5.02 Å². The van der Waals surface area contributed by atoms with Crippen molar-refractivity contribution in [2.45, 2.75) is 6.54 Å². The third-order valence-electron chi connectivity index (χ3n) is 5.63. The number of fused-ring (bicyclic) bond motifs is 1. The standard InChI is InChI=1S/C26H23ClN4O2/c27-20-6-1-5-19(16-20)22-8-2-4-18-10-11-23(29-25(18)22)26(32)30-24-9-3-7-21(28-24)17-31-12-14-33-15-13-31/h1-11,16H,12-15,17H2,(H,28,30,32). The van der Waals surface area contributed by atoms with Gasteiger partial charge in [0.1, 0.15) is 11.5 Å². The molecule has 2 aromatic heterocycles. The summed E-state index contributed by atoms with van der Waals surface area (Å²) < 4.78 is 5.40. The molecular formula is C26H23ClN4O2. The lowest BCUT2D eigenvalue weighted by Gasteiger charge is -2.26. The zero-order valence-corrected chi connectivity index (χ0v) is 18.8. The summed E-state index contributed by atoms with van der Waals surface area (Å²) in [4.78, 5) is 24.6. The van der Waals surface area contributed by atoms with Crippen molar-refractivity contribution in [2.24, 2.45) is 0 Å². The van der Waals surface area contributed by atoms with Crippen molar-refractivity contribution in [3.8, 4) is 11.1 Å². The summed E-state index contributed by atoms with van der Waals surface area (Å²) in [7, 11) is 0. The van der Waals surface area contributed by atoms with Gasteiger partial charge >= 0.3 is 0 Å². The van der Waals surface area contributed by atoms with Gasteiger partial charge in [-0.2, -0.15) is 0 Å². The zero-order valence-electron chi connectivity index (χ0n) is 18.0. The van der Waals surface area contributed by atoms with Crippen molar-refractivity contribution in [3.05, 3.63) is 89.2 Å². The molecule has 1 saturated heterocycles. The molecule has 33 heavy (non-hydrogen) atoms. The van der Waals surface area contributed by atoms with Crippen molar-refractivity contribution < 1.29 is 9.53 Å². The molecule has 0 spiro atoms. The van der Waals surface area contributed by atoms with Crippen molar-refractivity contribution in [1.29, 1.82) is 0 Å². The minimum Gasteiger partial charge on any atom is -0.379 e. The van der Waals surface area contributed by atoms with Gasteiger partial charge in [0.2, 0.25) is 0 Å². The fourth-order valence-corrected chi connectivity index (χ4v) is 4.16.